The van der Waals surface area contributed by atoms with Gasteiger partial charge in [0.2, 0.25) is 0 Å². The summed E-state index contributed by atoms with van der Waals surface area (Å²) in [5.74, 6) is 0.602. The Balaban J connectivity index is 1.60. The van der Waals surface area contributed by atoms with Crippen LogP contribution in [0.3, 0.4) is 0 Å². The number of piperidine rings is 1. The lowest BCUT2D eigenvalue weighted by Crippen LogP contribution is -2.59. The van der Waals surface area contributed by atoms with E-state index in [2.05, 4.69) is 5.10 Å². The van der Waals surface area contributed by atoms with Gasteiger partial charge >= 0.3 is 6.09 Å². The molecule has 3 heterocycles. The number of hydrogen-bond acceptors (Lipinski definition) is 4. The molecule has 28 heavy (non-hydrogen) atoms. The van der Waals surface area contributed by atoms with Crippen LogP contribution < -0.4 is 4.74 Å². The Morgan fingerprint density at radius 2 is 2.00 bits per heavy atom. The van der Waals surface area contributed by atoms with Crippen molar-refractivity contribution in [2.45, 2.75) is 89.8 Å². The second-order valence-corrected chi connectivity index (χ2v) is 9.81. The monoisotopic (exact) mass is 389 g/mol. The van der Waals surface area contributed by atoms with Crippen LogP contribution in [0, 0.1) is 5.41 Å². The molecule has 1 saturated heterocycles. The molecule has 7 nitrogen and oxygen atoms in total. The summed E-state index contributed by atoms with van der Waals surface area (Å²) < 4.78 is 8.37. The maximum absolute atomic E-state index is 12.9. The molecule has 1 amide bonds. The van der Waals surface area contributed by atoms with E-state index in [4.69, 9.17) is 4.74 Å². The molecule has 2 unspecified atom stereocenters. The summed E-state index contributed by atoms with van der Waals surface area (Å²) in [4.78, 5) is 26.2. The second-order valence-electron chi connectivity index (χ2n) is 9.81. The minimum absolute atomic E-state index is 0.0206. The normalized spacial score (nSPS) is 28.9. The van der Waals surface area contributed by atoms with E-state index in [0.29, 0.717) is 36.9 Å². The van der Waals surface area contributed by atoms with E-state index in [-0.39, 0.29) is 23.7 Å². The molecule has 2 fully saturated rings. The largest absolute Gasteiger partial charge is 0.483 e. The Morgan fingerprint density at radius 1 is 1.29 bits per heavy atom. The van der Waals surface area contributed by atoms with E-state index in [9.17, 15) is 14.7 Å². The number of Topliss-reactive ketones (excluding diaryl/α,β-unsaturated/α-hetero) is 1. The van der Waals surface area contributed by atoms with Crippen molar-refractivity contribution in [3.05, 3.63) is 11.9 Å². The van der Waals surface area contributed by atoms with Gasteiger partial charge in [0.15, 0.2) is 17.2 Å². The van der Waals surface area contributed by atoms with Crippen molar-refractivity contribution >= 4 is 11.9 Å². The fourth-order valence-electron chi connectivity index (χ4n) is 5.12. The summed E-state index contributed by atoms with van der Waals surface area (Å²) in [5.41, 5.74) is -0.414. The average Bonchev–Trinajstić information content (AvgIpc) is 3.06. The molecule has 1 aliphatic carbocycles. The van der Waals surface area contributed by atoms with Crippen LogP contribution in [0.5, 0.6) is 5.75 Å². The third kappa shape index (κ3) is 3.40. The standard InChI is InChI=1S/C21H31N3O4/c1-20(2,3)17-12-21(9-10-23(17)19(26)27)11-15(25)18-16(28-21)13-24(22-18)14-7-5-4-6-8-14/h13-14,17H,4-12H2,1-3H3,(H,26,27). The number of fused-ring (bicyclic) bond motifs is 1. The molecule has 1 N–H and O–H groups in total. The first kappa shape index (κ1) is 19.3. The Hall–Kier alpha value is -2.05. The highest BCUT2D eigenvalue weighted by Crippen LogP contribution is 2.45. The van der Waals surface area contributed by atoms with E-state index >= 15 is 0 Å². The lowest BCUT2D eigenvalue weighted by atomic mass is 9.72. The second kappa shape index (κ2) is 6.78. The number of likely N-dealkylation sites (tertiary alicyclic amines) is 1. The first-order valence-electron chi connectivity index (χ1n) is 10.5. The van der Waals surface area contributed by atoms with Crippen LogP contribution in [-0.2, 0) is 0 Å². The van der Waals surface area contributed by atoms with Gasteiger partial charge in [0.05, 0.1) is 18.7 Å². The number of carbonyl (C=O) groups excluding carboxylic acids is 1. The van der Waals surface area contributed by atoms with E-state index in [1.54, 1.807) is 0 Å². The maximum atomic E-state index is 12.9. The number of hydrogen-bond donors (Lipinski definition) is 1. The van der Waals surface area contributed by atoms with Crippen molar-refractivity contribution in [1.29, 1.82) is 0 Å². The SMILES string of the molecule is CC(C)(C)C1CC2(CCN1C(=O)O)CC(=O)c1nn(C3CCCCC3)cc1O2. The maximum Gasteiger partial charge on any atom is 0.407 e. The summed E-state index contributed by atoms with van der Waals surface area (Å²) in [7, 11) is 0. The zero-order chi connectivity index (χ0) is 20.1. The van der Waals surface area contributed by atoms with Crippen LogP contribution in [0.15, 0.2) is 6.20 Å². The molecule has 7 heteroatoms. The summed E-state index contributed by atoms with van der Waals surface area (Å²) in [5, 5.41) is 14.2. The molecule has 3 aliphatic rings. The summed E-state index contributed by atoms with van der Waals surface area (Å²) in [6.45, 7) is 6.52. The zero-order valence-electron chi connectivity index (χ0n) is 17.1. The lowest BCUT2D eigenvalue weighted by Gasteiger charge is -2.50. The van der Waals surface area contributed by atoms with Crippen LogP contribution in [-0.4, -0.2) is 49.9 Å². The molecule has 1 saturated carbocycles. The molecular formula is C21H31N3O4. The van der Waals surface area contributed by atoms with Gasteiger partial charge in [-0.3, -0.25) is 9.48 Å². The van der Waals surface area contributed by atoms with Crippen LogP contribution in [0.2, 0.25) is 0 Å². The van der Waals surface area contributed by atoms with Gasteiger partial charge in [-0.2, -0.15) is 5.10 Å². The highest BCUT2D eigenvalue weighted by molar-refractivity contribution is 5.98. The molecular weight excluding hydrogens is 358 g/mol. The van der Waals surface area contributed by atoms with Crippen LogP contribution in [0.1, 0.15) is 88.7 Å². The molecule has 2 atom stereocenters. The number of rotatable bonds is 1. The van der Waals surface area contributed by atoms with Crippen molar-refractivity contribution < 1.29 is 19.4 Å². The summed E-state index contributed by atoms with van der Waals surface area (Å²) >= 11 is 0. The zero-order valence-corrected chi connectivity index (χ0v) is 17.1. The molecule has 0 radical (unpaired) electrons. The van der Waals surface area contributed by atoms with Gasteiger partial charge in [-0.05, 0) is 18.3 Å². The number of nitrogens with zero attached hydrogens (tertiary/aromatic N) is 3. The predicted octanol–water partition coefficient (Wildman–Crippen LogP) is 4.28. The van der Waals surface area contributed by atoms with E-state index < -0.39 is 11.7 Å². The molecule has 1 aromatic rings. The smallest absolute Gasteiger partial charge is 0.407 e. The summed E-state index contributed by atoms with van der Waals surface area (Å²) in [6.07, 6.45) is 8.21. The van der Waals surface area contributed by atoms with Crippen molar-refractivity contribution in [2.75, 3.05) is 6.54 Å². The number of carboxylic acid groups (broad SMARTS) is 1. The first-order chi connectivity index (χ1) is 13.2. The molecule has 4 rings (SSSR count). The lowest BCUT2D eigenvalue weighted by molar-refractivity contribution is -0.0522. The third-order valence-electron chi connectivity index (χ3n) is 6.72. The fraction of sp³-hybridized carbons (Fsp3) is 0.762. The van der Waals surface area contributed by atoms with Gasteiger partial charge in [0.1, 0.15) is 5.60 Å². The number of ketones is 1. The van der Waals surface area contributed by atoms with Gasteiger partial charge in [-0.1, -0.05) is 40.0 Å². The van der Waals surface area contributed by atoms with Crippen molar-refractivity contribution in [1.82, 2.24) is 14.7 Å². The molecule has 0 bridgehead atoms. The Bertz CT molecular complexity index is 775. The van der Waals surface area contributed by atoms with Gasteiger partial charge in [-0.25, -0.2) is 4.79 Å². The van der Waals surface area contributed by atoms with Crippen LogP contribution in [0.25, 0.3) is 0 Å². The molecule has 2 aliphatic heterocycles. The fourth-order valence-corrected chi connectivity index (χ4v) is 5.12. The summed E-state index contributed by atoms with van der Waals surface area (Å²) in [6, 6.07) is 0.157. The van der Waals surface area contributed by atoms with Crippen LogP contribution in [0.4, 0.5) is 4.79 Å². The number of carbonyl (C=O) groups is 2. The van der Waals surface area contributed by atoms with E-state index in [0.717, 1.165) is 12.8 Å². The first-order valence-corrected chi connectivity index (χ1v) is 10.5. The van der Waals surface area contributed by atoms with E-state index in [1.807, 2.05) is 31.6 Å². The van der Waals surface area contributed by atoms with Crippen LogP contribution >= 0.6 is 0 Å². The van der Waals surface area contributed by atoms with Crippen molar-refractivity contribution in [2.24, 2.45) is 5.41 Å². The minimum Gasteiger partial charge on any atom is -0.483 e. The number of ether oxygens (including phenoxy) is 1. The van der Waals surface area contributed by atoms with Gasteiger partial charge < -0.3 is 14.7 Å². The Kier molecular flexibility index (Phi) is 4.67. The quantitative estimate of drug-likeness (QED) is 0.775. The Morgan fingerprint density at radius 3 is 2.64 bits per heavy atom. The molecule has 0 aromatic carbocycles. The van der Waals surface area contributed by atoms with Crippen molar-refractivity contribution in [3.8, 4) is 5.75 Å². The van der Waals surface area contributed by atoms with Gasteiger partial charge in [-0.15, -0.1) is 0 Å². The van der Waals surface area contributed by atoms with E-state index in [1.165, 1.54) is 24.2 Å². The molecule has 1 spiro atoms. The average molecular weight is 389 g/mol. The highest BCUT2D eigenvalue weighted by Gasteiger charge is 2.51. The van der Waals surface area contributed by atoms with Crippen molar-refractivity contribution in [3.63, 3.8) is 0 Å². The predicted molar refractivity (Wildman–Crippen MR) is 104 cm³/mol. The highest BCUT2D eigenvalue weighted by atomic mass is 16.5. The molecule has 154 valence electrons. The Labute approximate surface area is 166 Å². The molecule has 1 aromatic heterocycles. The third-order valence-corrected chi connectivity index (χ3v) is 6.72. The van der Waals surface area contributed by atoms with Gasteiger partial charge in [0.25, 0.3) is 0 Å². The van der Waals surface area contributed by atoms with Gasteiger partial charge in [0, 0.05) is 25.4 Å². The number of aromatic nitrogens is 2. The minimum atomic E-state index is -0.900. The topological polar surface area (TPSA) is 84.7 Å². The number of amides is 1.